The number of para-hydroxylation sites is 2. The standard InChI is InChI=1S/C44H50N2O10/c1-7-45-23-21-31-25-37(49-3)39(51-5)27-35(31)43(29-45,53-33-15-11-9-12-16-33)55-41(47)19-20-42(48)56-44(54-34-17-13-10-14-18-34)30-46(8-2)24-22-32-26-38(50-4)40(52-6)28-36(32)44/h9-20,25-28H,7-8,21-24,29-30H2,1-6H3/b20-19-. The zero-order valence-corrected chi connectivity index (χ0v) is 32.9. The summed E-state index contributed by atoms with van der Waals surface area (Å²) in [5, 5.41) is 0. The van der Waals surface area contributed by atoms with Crippen molar-refractivity contribution in [3.05, 3.63) is 119 Å². The Labute approximate surface area is 328 Å². The average Bonchev–Trinajstić information content (AvgIpc) is 3.46. The molecule has 12 nitrogen and oxygen atoms in total. The van der Waals surface area contributed by atoms with E-state index in [0.717, 1.165) is 23.3 Å². The monoisotopic (exact) mass is 766 g/mol. The highest BCUT2D eigenvalue weighted by Crippen LogP contribution is 2.43. The molecule has 0 bridgehead atoms. The number of fused-ring (bicyclic) bond motifs is 2. The predicted molar refractivity (Wildman–Crippen MR) is 210 cm³/mol. The second-order valence-corrected chi connectivity index (χ2v) is 13.5. The number of nitrogens with zero attached hydrogens (tertiary/aromatic N) is 2. The maximum Gasteiger partial charge on any atom is 0.334 e. The maximum atomic E-state index is 14.0. The second kappa shape index (κ2) is 17.8. The maximum absolute atomic E-state index is 14.0. The minimum atomic E-state index is -1.64. The van der Waals surface area contributed by atoms with Crippen molar-refractivity contribution < 1.29 is 47.5 Å². The van der Waals surface area contributed by atoms with E-state index in [1.165, 1.54) is 0 Å². The van der Waals surface area contributed by atoms with Gasteiger partial charge in [0.2, 0.25) is 0 Å². The third kappa shape index (κ3) is 8.72. The highest BCUT2D eigenvalue weighted by atomic mass is 16.7. The molecule has 0 fully saturated rings. The molecule has 2 heterocycles. The molecule has 6 rings (SSSR count). The van der Waals surface area contributed by atoms with Crippen molar-refractivity contribution in [2.45, 2.75) is 38.3 Å². The zero-order valence-electron chi connectivity index (χ0n) is 32.9. The quantitative estimate of drug-likeness (QED) is 0.0818. The van der Waals surface area contributed by atoms with Gasteiger partial charge in [0.05, 0.1) is 41.5 Å². The number of hydrogen-bond acceptors (Lipinski definition) is 12. The Morgan fingerprint density at radius 3 is 1.27 bits per heavy atom. The molecule has 0 spiro atoms. The van der Waals surface area contributed by atoms with E-state index in [9.17, 15) is 9.59 Å². The van der Waals surface area contributed by atoms with Crippen LogP contribution in [-0.2, 0) is 43.5 Å². The summed E-state index contributed by atoms with van der Waals surface area (Å²) in [7, 11) is 6.25. The Bertz CT molecular complexity index is 1860. The SMILES string of the molecule is CCN1CCc2cc(OC)c(OC)cc2C(OC(=O)/C=C\C(=O)OC2(Oc3ccccc3)CN(CC)CCc3cc(OC)c(OC)cc32)(Oc2ccccc2)C1. The van der Waals surface area contributed by atoms with Crippen LogP contribution in [0.3, 0.4) is 0 Å². The number of benzene rings is 4. The second-order valence-electron chi connectivity index (χ2n) is 13.5. The van der Waals surface area contributed by atoms with E-state index in [1.54, 1.807) is 64.8 Å². The summed E-state index contributed by atoms with van der Waals surface area (Å²) in [6.45, 7) is 7.15. The van der Waals surface area contributed by atoms with Gasteiger partial charge in [-0.15, -0.1) is 0 Å². The Hall–Kier alpha value is -5.72. The normalized spacial score (nSPS) is 19.8. The fraction of sp³-hybridized carbons (Fsp3) is 0.364. The van der Waals surface area contributed by atoms with Crippen molar-refractivity contribution >= 4 is 11.9 Å². The summed E-state index contributed by atoms with van der Waals surface area (Å²) in [6, 6.07) is 25.7. The van der Waals surface area contributed by atoms with Crippen molar-refractivity contribution in [1.29, 1.82) is 0 Å². The molecule has 2 aliphatic heterocycles. The summed E-state index contributed by atoms with van der Waals surface area (Å²) in [6.07, 6.45) is 3.39. The minimum absolute atomic E-state index is 0.202. The average molecular weight is 767 g/mol. The lowest BCUT2D eigenvalue weighted by Crippen LogP contribution is -2.48. The van der Waals surface area contributed by atoms with Gasteiger partial charge < -0.3 is 37.9 Å². The van der Waals surface area contributed by atoms with Gasteiger partial charge in [0.15, 0.2) is 23.0 Å². The van der Waals surface area contributed by atoms with Gasteiger partial charge in [0.1, 0.15) is 11.5 Å². The van der Waals surface area contributed by atoms with Gasteiger partial charge in [-0.2, -0.15) is 0 Å². The van der Waals surface area contributed by atoms with E-state index >= 15 is 0 Å². The van der Waals surface area contributed by atoms with Crippen molar-refractivity contribution in [3.63, 3.8) is 0 Å². The van der Waals surface area contributed by atoms with Crippen LogP contribution in [0.5, 0.6) is 34.5 Å². The predicted octanol–water partition coefficient (Wildman–Crippen LogP) is 6.28. The van der Waals surface area contributed by atoms with Crippen LogP contribution < -0.4 is 28.4 Å². The molecule has 0 aliphatic carbocycles. The van der Waals surface area contributed by atoms with E-state index < -0.39 is 23.5 Å². The first kappa shape index (κ1) is 40.0. The number of esters is 2. The lowest BCUT2D eigenvalue weighted by atomic mass is 9.97. The van der Waals surface area contributed by atoms with Crippen molar-refractivity contribution in [3.8, 4) is 34.5 Å². The van der Waals surface area contributed by atoms with E-state index in [0.29, 0.717) is 84.6 Å². The lowest BCUT2D eigenvalue weighted by Gasteiger charge is -2.37. The third-order valence-electron chi connectivity index (χ3n) is 10.1. The number of carbonyl (C=O) groups excluding carboxylic acids is 2. The van der Waals surface area contributed by atoms with Gasteiger partial charge in [-0.1, -0.05) is 50.2 Å². The molecule has 4 aromatic rings. The fourth-order valence-electron chi connectivity index (χ4n) is 7.26. The molecule has 2 unspecified atom stereocenters. The van der Waals surface area contributed by atoms with E-state index in [-0.39, 0.29) is 13.1 Å². The van der Waals surface area contributed by atoms with Crippen LogP contribution in [0, 0.1) is 0 Å². The molecule has 2 aliphatic rings. The van der Waals surface area contributed by atoms with Crippen molar-refractivity contribution in [1.82, 2.24) is 9.80 Å². The molecule has 296 valence electrons. The van der Waals surface area contributed by atoms with Crippen LogP contribution in [0.2, 0.25) is 0 Å². The summed E-state index contributed by atoms with van der Waals surface area (Å²) >= 11 is 0. The Morgan fingerprint density at radius 2 is 0.929 bits per heavy atom. The molecule has 56 heavy (non-hydrogen) atoms. The first-order chi connectivity index (χ1) is 27.2. The molecule has 0 amide bonds. The van der Waals surface area contributed by atoms with Gasteiger partial charge >= 0.3 is 11.9 Å². The minimum Gasteiger partial charge on any atom is -0.493 e. The van der Waals surface area contributed by atoms with Gasteiger partial charge in [-0.3, -0.25) is 9.80 Å². The molecule has 0 saturated heterocycles. The van der Waals surface area contributed by atoms with Gasteiger partial charge in [0, 0.05) is 36.4 Å². The lowest BCUT2D eigenvalue weighted by molar-refractivity contribution is -0.206. The summed E-state index contributed by atoms with van der Waals surface area (Å²) in [5.74, 6) is -1.94. The highest BCUT2D eigenvalue weighted by molar-refractivity contribution is 5.92. The topological polar surface area (TPSA) is 114 Å². The third-order valence-corrected chi connectivity index (χ3v) is 10.1. The Balaban J connectivity index is 1.38. The number of rotatable bonds is 14. The van der Waals surface area contributed by atoms with Crippen LogP contribution in [0.4, 0.5) is 0 Å². The van der Waals surface area contributed by atoms with Crippen LogP contribution in [0.1, 0.15) is 36.1 Å². The number of methoxy groups -OCH3 is 4. The number of hydrogen-bond donors (Lipinski definition) is 0. The molecular formula is C44H50N2O10. The van der Waals surface area contributed by atoms with E-state index in [2.05, 4.69) is 9.80 Å². The summed E-state index contributed by atoms with van der Waals surface area (Å²) in [5.41, 5.74) is 2.94. The summed E-state index contributed by atoms with van der Waals surface area (Å²) < 4.78 is 48.7. The van der Waals surface area contributed by atoms with Gasteiger partial charge in [-0.05, 0) is 85.6 Å². The molecule has 0 radical (unpaired) electrons. The van der Waals surface area contributed by atoms with Gasteiger partial charge in [-0.25, -0.2) is 9.59 Å². The van der Waals surface area contributed by atoms with Crippen LogP contribution >= 0.6 is 0 Å². The molecule has 0 aromatic heterocycles. The van der Waals surface area contributed by atoms with E-state index in [1.807, 2.05) is 62.4 Å². The Morgan fingerprint density at radius 1 is 0.571 bits per heavy atom. The molecule has 0 saturated carbocycles. The van der Waals surface area contributed by atoms with Gasteiger partial charge in [0.25, 0.3) is 11.6 Å². The van der Waals surface area contributed by atoms with Crippen molar-refractivity contribution in [2.24, 2.45) is 0 Å². The van der Waals surface area contributed by atoms with Crippen LogP contribution in [0.15, 0.2) is 97.1 Å². The molecule has 12 heteroatoms. The van der Waals surface area contributed by atoms with Crippen LogP contribution in [0.25, 0.3) is 0 Å². The van der Waals surface area contributed by atoms with Crippen molar-refractivity contribution in [2.75, 3.05) is 67.7 Å². The van der Waals surface area contributed by atoms with Crippen LogP contribution in [-0.4, -0.2) is 89.4 Å². The van der Waals surface area contributed by atoms with E-state index in [4.69, 9.17) is 37.9 Å². The molecule has 2 atom stereocenters. The fourth-order valence-corrected chi connectivity index (χ4v) is 7.26. The zero-order chi connectivity index (χ0) is 39.7. The summed E-state index contributed by atoms with van der Waals surface area (Å²) in [4.78, 5) is 32.4. The number of likely N-dealkylation sites (N-methyl/N-ethyl adjacent to an activating group) is 2. The largest absolute Gasteiger partial charge is 0.493 e. The smallest absolute Gasteiger partial charge is 0.334 e. The Kier molecular flexibility index (Phi) is 12.7. The molecular weight excluding hydrogens is 716 g/mol. The molecule has 0 N–H and O–H groups in total. The first-order valence-electron chi connectivity index (χ1n) is 18.8. The number of carbonyl (C=O) groups is 2. The first-order valence-corrected chi connectivity index (χ1v) is 18.8. The highest BCUT2D eigenvalue weighted by Gasteiger charge is 2.46. The molecule has 4 aromatic carbocycles. The number of ether oxygens (including phenoxy) is 8.